The highest BCUT2D eigenvalue weighted by molar-refractivity contribution is 9.09. The molecule has 0 spiro atoms. The molecule has 1 aliphatic rings. The van der Waals surface area contributed by atoms with Crippen molar-refractivity contribution in [2.75, 3.05) is 11.9 Å². The smallest absolute Gasteiger partial charge is 0.187 e. The number of allylic oxidation sites excluding steroid dienone is 1. The predicted molar refractivity (Wildman–Crippen MR) is 70.1 cm³/mol. The molecule has 1 atom stereocenters. The van der Waals surface area contributed by atoms with E-state index in [1.165, 1.54) is 5.56 Å². The molecule has 1 aliphatic heterocycles. The van der Waals surface area contributed by atoms with E-state index >= 15 is 0 Å². The first kappa shape index (κ1) is 11.4. The largest absolute Gasteiger partial charge is 0.478 e. The van der Waals surface area contributed by atoms with Gasteiger partial charge in [-0.3, -0.25) is 0 Å². The first-order valence-corrected chi connectivity index (χ1v) is 6.47. The minimum atomic E-state index is 0.175. The normalized spacial score (nSPS) is 19.8. The fourth-order valence-corrected chi connectivity index (χ4v) is 1.89. The van der Waals surface area contributed by atoms with E-state index in [9.17, 15) is 0 Å². The van der Waals surface area contributed by atoms with Crippen molar-refractivity contribution < 1.29 is 4.74 Å². The summed E-state index contributed by atoms with van der Waals surface area (Å²) in [4.78, 5) is 4.56. The lowest BCUT2D eigenvalue weighted by atomic mass is 10.1. The zero-order valence-electron chi connectivity index (χ0n) is 8.97. The first-order valence-electron chi connectivity index (χ1n) is 5.35. The van der Waals surface area contributed by atoms with Crippen LogP contribution in [0.5, 0.6) is 0 Å². The van der Waals surface area contributed by atoms with E-state index < -0.39 is 0 Å². The molecule has 0 bridgehead atoms. The van der Waals surface area contributed by atoms with Crippen molar-refractivity contribution in [3.8, 4) is 0 Å². The molecule has 16 heavy (non-hydrogen) atoms. The molecular weight excluding hydrogens is 266 g/mol. The van der Waals surface area contributed by atoms with Crippen molar-refractivity contribution in [1.82, 2.24) is 0 Å². The fourth-order valence-electron chi connectivity index (χ4n) is 1.63. The van der Waals surface area contributed by atoms with Gasteiger partial charge in [0, 0.05) is 11.8 Å². The Morgan fingerprint density at radius 3 is 2.88 bits per heavy atom. The Bertz CT molecular complexity index is 386. The van der Waals surface area contributed by atoms with Gasteiger partial charge in [-0.25, -0.2) is 4.99 Å². The molecular formula is C13H14BrNO. The Hall–Kier alpha value is -1.09. The lowest BCUT2D eigenvalue weighted by Crippen LogP contribution is -1.98. The monoisotopic (exact) mass is 279 g/mol. The molecule has 1 heterocycles. The molecule has 0 saturated heterocycles. The molecule has 0 N–H and O–H groups in total. The van der Waals surface area contributed by atoms with Gasteiger partial charge in [0.05, 0.1) is 0 Å². The number of benzene rings is 1. The number of aliphatic imine (C=N–C) groups is 1. The maximum atomic E-state index is 5.55. The zero-order chi connectivity index (χ0) is 11.2. The molecule has 0 saturated carbocycles. The molecule has 84 valence electrons. The van der Waals surface area contributed by atoms with Crippen LogP contribution in [0.3, 0.4) is 0 Å². The number of nitrogens with zero attached hydrogens (tertiary/aromatic N) is 1. The van der Waals surface area contributed by atoms with Crippen LogP contribution in [0.15, 0.2) is 47.5 Å². The Morgan fingerprint density at radius 1 is 1.31 bits per heavy atom. The molecule has 0 amide bonds. The first-order chi connectivity index (χ1) is 7.90. The second-order valence-electron chi connectivity index (χ2n) is 3.59. The van der Waals surface area contributed by atoms with Crippen molar-refractivity contribution >= 4 is 21.8 Å². The van der Waals surface area contributed by atoms with Gasteiger partial charge in [0.1, 0.15) is 12.6 Å². The van der Waals surface area contributed by atoms with Crippen LogP contribution in [0, 0.1) is 0 Å². The summed E-state index contributed by atoms with van der Waals surface area (Å²) >= 11 is 3.34. The number of hydrogen-bond donors (Lipinski definition) is 0. The number of ether oxygens (including phenoxy) is 1. The summed E-state index contributed by atoms with van der Waals surface area (Å²) in [7, 11) is 0. The van der Waals surface area contributed by atoms with Crippen LogP contribution >= 0.6 is 15.9 Å². The van der Waals surface area contributed by atoms with Gasteiger partial charge in [0.15, 0.2) is 5.90 Å². The quantitative estimate of drug-likeness (QED) is 0.611. The van der Waals surface area contributed by atoms with E-state index in [1.807, 2.05) is 18.2 Å². The minimum absolute atomic E-state index is 0.175. The van der Waals surface area contributed by atoms with Crippen LogP contribution < -0.4 is 0 Å². The van der Waals surface area contributed by atoms with E-state index in [0.29, 0.717) is 6.61 Å². The Morgan fingerprint density at radius 2 is 2.12 bits per heavy atom. The van der Waals surface area contributed by atoms with Gasteiger partial charge in [-0.2, -0.15) is 0 Å². The predicted octanol–water partition coefficient (Wildman–Crippen LogP) is 3.50. The van der Waals surface area contributed by atoms with E-state index in [2.05, 4.69) is 45.2 Å². The van der Waals surface area contributed by atoms with Gasteiger partial charge in [-0.1, -0.05) is 58.4 Å². The van der Waals surface area contributed by atoms with Crippen LogP contribution in [0.2, 0.25) is 0 Å². The van der Waals surface area contributed by atoms with Gasteiger partial charge < -0.3 is 4.74 Å². The SMILES string of the molecule is BrC/C=C/CC1=N[C@H](c2ccccc2)CO1. The molecule has 1 aromatic carbocycles. The maximum absolute atomic E-state index is 5.55. The molecule has 0 aliphatic carbocycles. The lowest BCUT2D eigenvalue weighted by Gasteiger charge is -2.03. The van der Waals surface area contributed by atoms with Crippen LogP contribution in [0.1, 0.15) is 18.0 Å². The van der Waals surface area contributed by atoms with Crippen molar-refractivity contribution in [3.05, 3.63) is 48.0 Å². The number of hydrogen-bond acceptors (Lipinski definition) is 2. The molecule has 0 unspecified atom stereocenters. The number of halogens is 1. The highest BCUT2D eigenvalue weighted by Gasteiger charge is 2.18. The van der Waals surface area contributed by atoms with Crippen molar-refractivity contribution in [2.24, 2.45) is 4.99 Å². The third-order valence-electron chi connectivity index (χ3n) is 2.44. The van der Waals surface area contributed by atoms with E-state index in [1.54, 1.807) is 0 Å². The molecule has 2 rings (SSSR count). The van der Waals surface area contributed by atoms with Gasteiger partial charge in [-0.05, 0) is 5.56 Å². The lowest BCUT2D eigenvalue weighted by molar-refractivity contribution is 0.314. The van der Waals surface area contributed by atoms with Gasteiger partial charge in [0.25, 0.3) is 0 Å². The summed E-state index contributed by atoms with van der Waals surface area (Å²) < 4.78 is 5.55. The molecule has 0 radical (unpaired) electrons. The van der Waals surface area contributed by atoms with Gasteiger partial charge in [0.2, 0.25) is 0 Å². The Labute approximate surface area is 104 Å². The van der Waals surface area contributed by atoms with Crippen LogP contribution in [-0.2, 0) is 4.74 Å². The summed E-state index contributed by atoms with van der Waals surface area (Å²) in [5.41, 5.74) is 1.22. The molecule has 0 fully saturated rings. The van der Waals surface area contributed by atoms with Gasteiger partial charge >= 0.3 is 0 Å². The third kappa shape index (κ3) is 2.95. The molecule has 3 heteroatoms. The van der Waals surface area contributed by atoms with Crippen LogP contribution in [0.25, 0.3) is 0 Å². The van der Waals surface area contributed by atoms with E-state index in [0.717, 1.165) is 17.6 Å². The van der Waals surface area contributed by atoms with E-state index in [-0.39, 0.29) is 6.04 Å². The second kappa shape index (κ2) is 5.85. The summed E-state index contributed by atoms with van der Waals surface area (Å²) in [6, 6.07) is 10.4. The summed E-state index contributed by atoms with van der Waals surface area (Å²) in [5, 5.41) is 0.877. The second-order valence-corrected chi connectivity index (χ2v) is 4.24. The van der Waals surface area contributed by atoms with Crippen LogP contribution in [0.4, 0.5) is 0 Å². The highest BCUT2D eigenvalue weighted by Crippen LogP contribution is 2.23. The maximum Gasteiger partial charge on any atom is 0.187 e. The van der Waals surface area contributed by atoms with E-state index in [4.69, 9.17) is 4.74 Å². The Kier molecular flexibility index (Phi) is 4.17. The number of alkyl halides is 1. The standard InChI is InChI=1S/C13H14BrNO/c14-9-5-4-8-13-15-12(10-16-13)11-6-2-1-3-7-11/h1-7,12H,8-10H2/b5-4+/t12-/m0/s1. The summed E-state index contributed by atoms with van der Waals surface area (Å²) in [6.07, 6.45) is 4.91. The highest BCUT2D eigenvalue weighted by atomic mass is 79.9. The third-order valence-corrected chi connectivity index (χ3v) is 2.81. The summed E-state index contributed by atoms with van der Waals surface area (Å²) in [5.74, 6) is 0.839. The molecule has 1 aromatic rings. The van der Waals surface area contributed by atoms with Crippen LogP contribution in [-0.4, -0.2) is 17.8 Å². The van der Waals surface area contributed by atoms with Crippen molar-refractivity contribution in [2.45, 2.75) is 12.5 Å². The zero-order valence-corrected chi connectivity index (χ0v) is 10.6. The van der Waals surface area contributed by atoms with Gasteiger partial charge in [-0.15, -0.1) is 0 Å². The molecule has 2 nitrogen and oxygen atoms in total. The number of rotatable bonds is 4. The fraction of sp³-hybridized carbons (Fsp3) is 0.308. The average molecular weight is 280 g/mol. The van der Waals surface area contributed by atoms with Crippen molar-refractivity contribution in [3.63, 3.8) is 0 Å². The van der Waals surface area contributed by atoms with Crippen molar-refractivity contribution in [1.29, 1.82) is 0 Å². The molecule has 0 aromatic heterocycles. The summed E-state index contributed by atoms with van der Waals surface area (Å²) in [6.45, 7) is 0.668. The minimum Gasteiger partial charge on any atom is -0.478 e. The Balaban J connectivity index is 1.98. The topological polar surface area (TPSA) is 21.6 Å². The average Bonchev–Trinajstić information content (AvgIpc) is 2.79.